The van der Waals surface area contributed by atoms with Gasteiger partial charge < -0.3 is 20.5 Å². The van der Waals surface area contributed by atoms with Crippen molar-refractivity contribution in [3.63, 3.8) is 0 Å². The number of ether oxygens (including phenoxy) is 1. The number of rotatable bonds is 4. The fourth-order valence-electron chi connectivity index (χ4n) is 1.61. The molecule has 1 heterocycles. The van der Waals surface area contributed by atoms with Crippen molar-refractivity contribution in [2.75, 3.05) is 19.7 Å². The first-order chi connectivity index (χ1) is 7.79. The number of amides is 1. The van der Waals surface area contributed by atoms with Crippen molar-refractivity contribution in [1.29, 1.82) is 0 Å². The number of carbonyl (C=O) groups excluding carboxylic acids is 1. The number of carbonyl (C=O) groups is 2. The Kier molecular flexibility index (Phi) is 4.47. The van der Waals surface area contributed by atoms with Crippen LogP contribution in [0.5, 0.6) is 0 Å². The molecule has 0 bridgehead atoms. The molecule has 3 N–H and O–H groups in total. The largest absolute Gasteiger partial charge is 0.479 e. The number of nitrogens with zero attached hydrogens (tertiary/aromatic N) is 1. The SMILES string of the molecule is CC(C)(N)CCC(=O)N1CCOC(C(=O)O)C1. The molecule has 1 fully saturated rings. The van der Waals surface area contributed by atoms with Crippen molar-refractivity contribution >= 4 is 11.9 Å². The molecule has 1 rings (SSSR count). The Hall–Kier alpha value is -1.14. The Morgan fingerprint density at radius 2 is 2.18 bits per heavy atom. The van der Waals surface area contributed by atoms with E-state index in [0.29, 0.717) is 19.4 Å². The lowest BCUT2D eigenvalue weighted by Crippen LogP contribution is -2.49. The molecule has 0 aromatic heterocycles. The molecule has 1 atom stereocenters. The summed E-state index contributed by atoms with van der Waals surface area (Å²) in [7, 11) is 0. The van der Waals surface area contributed by atoms with Gasteiger partial charge in [0.2, 0.25) is 5.91 Å². The van der Waals surface area contributed by atoms with Crippen LogP contribution >= 0.6 is 0 Å². The molecular weight excluding hydrogens is 224 g/mol. The van der Waals surface area contributed by atoms with Gasteiger partial charge in [-0.3, -0.25) is 4.79 Å². The zero-order valence-electron chi connectivity index (χ0n) is 10.3. The number of morpholine rings is 1. The van der Waals surface area contributed by atoms with Crippen LogP contribution in [0.2, 0.25) is 0 Å². The number of carboxylic acids is 1. The van der Waals surface area contributed by atoms with E-state index in [0.717, 1.165) is 0 Å². The Labute approximate surface area is 101 Å². The molecule has 0 aromatic carbocycles. The Morgan fingerprint density at radius 1 is 1.53 bits per heavy atom. The second-order valence-corrected chi connectivity index (χ2v) is 5.03. The van der Waals surface area contributed by atoms with Gasteiger partial charge >= 0.3 is 5.97 Å². The highest BCUT2D eigenvalue weighted by atomic mass is 16.5. The van der Waals surface area contributed by atoms with Crippen LogP contribution in [0.3, 0.4) is 0 Å². The summed E-state index contributed by atoms with van der Waals surface area (Å²) in [6, 6.07) is 0. The molecule has 6 nitrogen and oxygen atoms in total. The van der Waals surface area contributed by atoms with E-state index in [2.05, 4.69) is 0 Å². The van der Waals surface area contributed by atoms with Crippen molar-refractivity contribution in [3.05, 3.63) is 0 Å². The van der Waals surface area contributed by atoms with Gasteiger partial charge in [0.25, 0.3) is 0 Å². The summed E-state index contributed by atoms with van der Waals surface area (Å²) < 4.78 is 5.05. The zero-order valence-corrected chi connectivity index (χ0v) is 10.3. The van der Waals surface area contributed by atoms with Crippen molar-refractivity contribution in [1.82, 2.24) is 4.90 Å². The van der Waals surface area contributed by atoms with Gasteiger partial charge in [-0.05, 0) is 20.3 Å². The zero-order chi connectivity index (χ0) is 13.1. The van der Waals surface area contributed by atoms with E-state index < -0.39 is 12.1 Å². The van der Waals surface area contributed by atoms with Crippen LogP contribution in [0.25, 0.3) is 0 Å². The van der Waals surface area contributed by atoms with E-state index in [-0.39, 0.29) is 24.6 Å². The fraction of sp³-hybridized carbons (Fsp3) is 0.818. The van der Waals surface area contributed by atoms with Crippen LogP contribution < -0.4 is 5.73 Å². The first-order valence-electron chi connectivity index (χ1n) is 5.71. The molecule has 17 heavy (non-hydrogen) atoms. The fourth-order valence-corrected chi connectivity index (χ4v) is 1.61. The maximum absolute atomic E-state index is 11.8. The predicted molar refractivity (Wildman–Crippen MR) is 61.5 cm³/mol. The van der Waals surface area contributed by atoms with E-state index in [9.17, 15) is 9.59 Å². The molecule has 1 saturated heterocycles. The van der Waals surface area contributed by atoms with Gasteiger partial charge in [-0.1, -0.05) is 0 Å². The van der Waals surface area contributed by atoms with Gasteiger partial charge in [0.15, 0.2) is 6.10 Å². The maximum atomic E-state index is 11.8. The minimum atomic E-state index is -1.03. The number of hydrogen-bond donors (Lipinski definition) is 2. The predicted octanol–water partition coefficient (Wildman–Crippen LogP) is -0.184. The van der Waals surface area contributed by atoms with Crippen LogP contribution in [0, 0.1) is 0 Å². The summed E-state index contributed by atoms with van der Waals surface area (Å²) in [4.78, 5) is 24.1. The van der Waals surface area contributed by atoms with E-state index >= 15 is 0 Å². The summed E-state index contributed by atoms with van der Waals surface area (Å²) >= 11 is 0. The molecule has 0 aliphatic carbocycles. The maximum Gasteiger partial charge on any atom is 0.334 e. The quantitative estimate of drug-likeness (QED) is 0.715. The lowest BCUT2D eigenvalue weighted by Gasteiger charge is -2.31. The van der Waals surface area contributed by atoms with Crippen molar-refractivity contribution in [2.45, 2.75) is 38.3 Å². The standard InChI is InChI=1S/C11H20N2O4/c1-11(2,12)4-3-9(14)13-5-6-17-8(7-13)10(15)16/h8H,3-7,12H2,1-2H3,(H,15,16). The van der Waals surface area contributed by atoms with Crippen molar-refractivity contribution in [2.24, 2.45) is 5.73 Å². The molecule has 0 spiro atoms. The van der Waals surface area contributed by atoms with Gasteiger partial charge in [-0.2, -0.15) is 0 Å². The van der Waals surface area contributed by atoms with Crippen LogP contribution in [0.4, 0.5) is 0 Å². The Balaban J connectivity index is 2.44. The summed E-state index contributed by atoms with van der Waals surface area (Å²) in [6.45, 7) is 4.57. The second-order valence-electron chi connectivity index (χ2n) is 5.03. The third kappa shape index (κ3) is 4.70. The van der Waals surface area contributed by atoms with Gasteiger partial charge in [0.1, 0.15) is 0 Å². The summed E-state index contributed by atoms with van der Waals surface area (Å²) in [5, 5.41) is 8.81. The molecule has 1 aliphatic rings. The molecule has 0 radical (unpaired) electrons. The van der Waals surface area contributed by atoms with Crippen molar-refractivity contribution in [3.8, 4) is 0 Å². The summed E-state index contributed by atoms with van der Waals surface area (Å²) in [5.41, 5.74) is 5.42. The highest BCUT2D eigenvalue weighted by Crippen LogP contribution is 2.12. The minimum absolute atomic E-state index is 0.0573. The van der Waals surface area contributed by atoms with Gasteiger partial charge in [0.05, 0.1) is 13.2 Å². The molecular formula is C11H20N2O4. The summed E-state index contributed by atoms with van der Waals surface area (Å²) in [5.74, 6) is -1.08. The van der Waals surface area contributed by atoms with E-state index in [1.165, 1.54) is 4.90 Å². The van der Waals surface area contributed by atoms with Gasteiger partial charge in [-0.25, -0.2) is 4.79 Å². The smallest absolute Gasteiger partial charge is 0.334 e. The van der Waals surface area contributed by atoms with E-state index in [4.69, 9.17) is 15.6 Å². The highest BCUT2D eigenvalue weighted by molar-refractivity contribution is 5.78. The minimum Gasteiger partial charge on any atom is -0.479 e. The third-order valence-corrected chi connectivity index (χ3v) is 2.68. The average molecular weight is 244 g/mol. The van der Waals surface area contributed by atoms with Crippen LogP contribution in [0.1, 0.15) is 26.7 Å². The number of carboxylic acid groups (broad SMARTS) is 1. The van der Waals surface area contributed by atoms with Crippen LogP contribution in [-0.2, 0) is 14.3 Å². The first-order valence-corrected chi connectivity index (χ1v) is 5.71. The molecule has 0 saturated carbocycles. The molecule has 98 valence electrons. The molecule has 1 amide bonds. The second kappa shape index (κ2) is 5.46. The molecule has 1 unspecified atom stereocenters. The van der Waals surface area contributed by atoms with E-state index in [1.807, 2.05) is 13.8 Å². The summed E-state index contributed by atoms with van der Waals surface area (Å²) in [6.07, 6.45) is 0.0233. The van der Waals surface area contributed by atoms with Gasteiger partial charge in [0, 0.05) is 18.5 Å². The molecule has 6 heteroatoms. The molecule has 0 aromatic rings. The van der Waals surface area contributed by atoms with Gasteiger partial charge in [-0.15, -0.1) is 0 Å². The topological polar surface area (TPSA) is 92.9 Å². The number of nitrogens with two attached hydrogens (primary N) is 1. The highest BCUT2D eigenvalue weighted by Gasteiger charge is 2.29. The van der Waals surface area contributed by atoms with Crippen LogP contribution in [0.15, 0.2) is 0 Å². The van der Waals surface area contributed by atoms with Crippen molar-refractivity contribution < 1.29 is 19.4 Å². The Morgan fingerprint density at radius 3 is 2.71 bits per heavy atom. The first kappa shape index (κ1) is 13.9. The lowest BCUT2D eigenvalue weighted by molar-refractivity contribution is -0.159. The average Bonchev–Trinajstić information content (AvgIpc) is 2.25. The monoisotopic (exact) mass is 244 g/mol. The molecule has 1 aliphatic heterocycles. The lowest BCUT2D eigenvalue weighted by atomic mass is 9.99. The third-order valence-electron chi connectivity index (χ3n) is 2.68. The van der Waals surface area contributed by atoms with E-state index in [1.54, 1.807) is 0 Å². The van der Waals surface area contributed by atoms with Crippen LogP contribution in [-0.4, -0.2) is 53.2 Å². The normalized spacial score (nSPS) is 21.4. The Bertz CT molecular complexity index is 298. The number of hydrogen-bond acceptors (Lipinski definition) is 4. The number of aliphatic carboxylic acids is 1.